The minimum atomic E-state index is 0.0269. The summed E-state index contributed by atoms with van der Waals surface area (Å²) in [6, 6.07) is 15.9. The van der Waals surface area contributed by atoms with Crippen LogP contribution in [-0.2, 0) is 17.8 Å². The van der Waals surface area contributed by atoms with E-state index in [1.54, 1.807) is 0 Å². The highest BCUT2D eigenvalue weighted by Gasteiger charge is 2.20. The maximum absolute atomic E-state index is 11.2. The summed E-state index contributed by atoms with van der Waals surface area (Å²) in [6.07, 6.45) is 4.04. The number of ether oxygens (including phenoxy) is 1. The summed E-state index contributed by atoms with van der Waals surface area (Å²) in [5, 5.41) is 0. The van der Waals surface area contributed by atoms with Gasteiger partial charge in [0, 0.05) is 11.5 Å². The fourth-order valence-electron chi connectivity index (χ4n) is 3.48. The molecule has 0 spiro atoms. The predicted molar refractivity (Wildman–Crippen MR) is 99.2 cm³/mol. The number of rotatable bonds is 5. The van der Waals surface area contributed by atoms with Crippen LogP contribution in [0.4, 0.5) is 0 Å². The number of carbonyl (C=O) groups is 1. The van der Waals surface area contributed by atoms with Crippen LogP contribution in [0.25, 0.3) is 11.5 Å². The van der Waals surface area contributed by atoms with Gasteiger partial charge in [-0.05, 0) is 61.6 Å². The first-order valence-electron chi connectivity index (χ1n) is 8.97. The first kappa shape index (κ1) is 16.6. The van der Waals surface area contributed by atoms with E-state index in [4.69, 9.17) is 9.15 Å². The van der Waals surface area contributed by atoms with Crippen molar-refractivity contribution in [3.05, 3.63) is 71.1 Å². The monoisotopic (exact) mass is 347 g/mol. The van der Waals surface area contributed by atoms with Crippen molar-refractivity contribution < 1.29 is 13.9 Å². The Hall–Kier alpha value is -2.88. The summed E-state index contributed by atoms with van der Waals surface area (Å²) in [5.74, 6) is 2.21. The van der Waals surface area contributed by atoms with Gasteiger partial charge in [-0.3, -0.25) is 0 Å². The summed E-state index contributed by atoms with van der Waals surface area (Å²) < 4.78 is 11.7. The Morgan fingerprint density at radius 2 is 2.08 bits per heavy atom. The third kappa shape index (κ3) is 3.27. The average Bonchev–Trinajstić information content (AvgIpc) is 3.07. The molecule has 1 aliphatic rings. The number of nitrogens with zero attached hydrogens (tertiary/aromatic N) is 1. The highest BCUT2D eigenvalue weighted by atomic mass is 16.5. The standard InChI is InChI=1S/C22H21NO3/c1-15-21(23-22(26-15)16-6-3-2-4-7-16)14-25-19-10-11-20-17(12-19)8-5-9-18(20)13-24/h2-4,6-7,10-13,18H,5,8-9,14H2,1H3. The lowest BCUT2D eigenvalue weighted by Gasteiger charge is -2.21. The summed E-state index contributed by atoms with van der Waals surface area (Å²) in [4.78, 5) is 15.8. The molecule has 0 saturated heterocycles. The van der Waals surface area contributed by atoms with E-state index in [1.165, 1.54) is 5.56 Å². The lowest BCUT2D eigenvalue weighted by atomic mass is 9.83. The van der Waals surface area contributed by atoms with Gasteiger partial charge in [0.1, 0.15) is 30.1 Å². The molecule has 2 aromatic carbocycles. The molecule has 0 saturated carbocycles. The third-order valence-corrected chi connectivity index (χ3v) is 4.93. The van der Waals surface area contributed by atoms with Crippen molar-refractivity contribution in [2.24, 2.45) is 0 Å². The molecule has 0 amide bonds. The molecule has 132 valence electrons. The smallest absolute Gasteiger partial charge is 0.226 e. The first-order valence-corrected chi connectivity index (χ1v) is 8.97. The molecule has 1 unspecified atom stereocenters. The van der Waals surface area contributed by atoms with Crippen LogP contribution in [0.2, 0.25) is 0 Å². The number of aldehydes is 1. The normalized spacial score (nSPS) is 16.1. The number of benzene rings is 2. The summed E-state index contributed by atoms with van der Waals surface area (Å²) in [6.45, 7) is 2.26. The van der Waals surface area contributed by atoms with E-state index in [0.717, 1.165) is 53.9 Å². The Bertz CT molecular complexity index is 914. The molecule has 4 nitrogen and oxygen atoms in total. The van der Waals surface area contributed by atoms with Gasteiger partial charge in [0.05, 0.1) is 0 Å². The average molecular weight is 347 g/mol. The lowest BCUT2D eigenvalue weighted by Crippen LogP contribution is -2.11. The van der Waals surface area contributed by atoms with E-state index in [2.05, 4.69) is 11.1 Å². The van der Waals surface area contributed by atoms with Crippen LogP contribution >= 0.6 is 0 Å². The number of hydrogen-bond acceptors (Lipinski definition) is 4. The fourth-order valence-corrected chi connectivity index (χ4v) is 3.48. The van der Waals surface area contributed by atoms with Crippen molar-refractivity contribution in [2.45, 2.75) is 38.7 Å². The maximum atomic E-state index is 11.2. The van der Waals surface area contributed by atoms with Gasteiger partial charge in [-0.15, -0.1) is 0 Å². The zero-order chi connectivity index (χ0) is 17.9. The lowest BCUT2D eigenvalue weighted by molar-refractivity contribution is -0.109. The molecule has 4 heteroatoms. The fraction of sp³-hybridized carbons (Fsp3) is 0.273. The minimum Gasteiger partial charge on any atom is -0.487 e. The van der Waals surface area contributed by atoms with Crippen LogP contribution in [0.5, 0.6) is 5.75 Å². The Kier molecular flexibility index (Phi) is 4.57. The summed E-state index contributed by atoms with van der Waals surface area (Å²) in [5.41, 5.74) is 4.11. The molecule has 0 bridgehead atoms. The Morgan fingerprint density at radius 1 is 1.23 bits per heavy atom. The molecule has 4 rings (SSSR count). The molecule has 1 aliphatic carbocycles. The van der Waals surface area contributed by atoms with Crippen LogP contribution in [0.3, 0.4) is 0 Å². The van der Waals surface area contributed by atoms with Crippen molar-refractivity contribution in [1.29, 1.82) is 0 Å². The third-order valence-electron chi connectivity index (χ3n) is 4.93. The Labute approximate surface area is 152 Å². The topological polar surface area (TPSA) is 52.3 Å². The molecule has 1 aromatic heterocycles. The molecule has 1 atom stereocenters. The summed E-state index contributed by atoms with van der Waals surface area (Å²) >= 11 is 0. The van der Waals surface area contributed by atoms with Gasteiger partial charge in [-0.25, -0.2) is 4.98 Å². The number of aromatic nitrogens is 1. The molecule has 0 N–H and O–H groups in total. The molecular weight excluding hydrogens is 326 g/mol. The van der Waals surface area contributed by atoms with E-state index < -0.39 is 0 Å². The van der Waals surface area contributed by atoms with Crippen LogP contribution in [0.1, 0.15) is 41.3 Å². The highest BCUT2D eigenvalue weighted by molar-refractivity contribution is 5.64. The number of hydrogen-bond donors (Lipinski definition) is 0. The van der Waals surface area contributed by atoms with Crippen molar-refractivity contribution in [3.63, 3.8) is 0 Å². The number of carbonyl (C=O) groups excluding carboxylic acids is 1. The van der Waals surface area contributed by atoms with Crippen LogP contribution in [0.15, 0.2) is 52.9 Å². The van der Waals surface area contributed by atoms with E-state index in [9.17, 15) is 4.79 Å². The van der Waals surface area contributed by atoms with E-state index >= 15 is 0 Å². The second kappa shape index (κ2) is 7.16. The SMILES string of the molecule is Cc1oc(-c2ccccc2)nc1COc1ccc2c(c1)CCCC2C=O. The van der Waals surface area contributed by atoms with Crippen molar-refractivity contribution in [3.8, 4) is 17.2 Å². The number of oxazole rings is 1. The van der Waals surface area contributed by atoms with Crippen LogP contribution in [-0.4, -0.2) is 11.3 Å². The van der Waals surface area contributed by atoms with Gasteiger partial charge in [-0.2, -0.15) is 0 Å². The van der Waals surface area contributed by atoms with Crippen molar-refractivity contribution in [1.82, 2.24) is 4.98 Å². The molecule has 1 heterocycles. The van der Waals surface area contributed by atoms with Crippen LogP contribution in [0, 0.1) is 6.92 Å². The first-order chi connectivity index (χ1) is 12.7. The van der Waals surface area contributed by atoms with Gasteiger partial charge in [-0.1, -0.05) is 24.3 Å². The Morgan fingerprint density at radius 3 is 2.88 bits per heavy atom. The van der Waals surface area contributed by atoms with Crippen LogP contribution < -0.4 is 4.74 Å². The van der Waals surface area contributed by atoms with Gasteiger partial charge in [0.25, 0.3) is 0 Å². The maximum Gasteiger partial charge on any atom is 0.226 e. The van der Waals surface area contributed by atoms with Gasteiger partial charge in [0.15, 0.2) is 0 Å². The van der Waals surface area contributed by atoms with Crippen molar-refractivity contribution in [2.75, 3.05) is 0 Å². The zero-order valence-electron chi connectivity index (χ0n) is 14.8. The zero-order valence-corrected chi connectivity index (χ0v) is 14.8. The van der Waals surface area contributed by atoms with E-state index in [-0.39, 0.29) is 5.92 Å². The summed E-state index contributed by atoms with van der Waals surface area (Å²) in [7, 11) is 0. The molecule has 0 radical (unpaired) electrons. The van der Waals surface area contributed by atoms with Gasteiger partial charge >= 0.3 is 0 Å². The number of aryl methyl sites for hydroxylation is 2. The van der Waals surface area contributed by atoms with Crippen molar-refractivity contribution >= 4 is 6.29 Å². The van der Waals surface area contributed by atoms with E-state index in [0.29, 0.717) is 12.5 Å². The van der Waals surface area contributed by atoms with Gasteiger partial charge in [0.2, 0.25) is 5.89 Å². The second-order valence-electron chi connectivity index (χ2n) is 6.67. The van der Waals surface area contributed by atoms with Gasteiger partial charge < -0.3 is 13.9 Å². The van der Waals surface area contributed by atoms with E-state index in [1.807, 2.05) is 49.4 Å². The molecule has 3 aromatic rings. The number of fused-ring (bicyclic) bond motifs is 1. The minimum absolute atomic E-state index is 0.0269. The Balaban J connectivity index is 1.50. The second-order valence-corrected chi connectivity index (χ2v) is 6.67. The largest absolute Gasteiger partial charge is 0.487 e. The molecular formula is C22H21NO3. The molecule has 26 heavy (non-hydrogen) atoms. The predicted octanol–water partition coefficient (Wildman–Crippen LogP) is 4.85. The molecule has 0 fully saturated rings. The highest BCUT2D eigenvalue weighted by Crippen LogP contribution is 2.33. The molecule has 0 aliphatic heterocycles. The quantitative estimate of drug-likeness (QED) is 0.619.